The van der Waals surface area contributed by atoms with Crippen LogP contribution >= 0.6 is 23.5 Å². The van der Waals surface area contributed by atoms with Crippen LogP contribution < -0.4 is 9.62 Å². The second-order valence-corrected chi connectivity index (χ2v) is 9.66. The first-order valence-electron chi connectivity index (χ1n) is 9.82. The van der Waals surface area contributed by atoms with Gasteiger partial charge in [-0.1, -0.05) is 17.7 Å². The molecule has 2 N–H and O–H groups in total. The van der Waals surface area contributed by atoms with Gasteiger partial charge in [-0.2, -0.15) is 4.39 Å². The number of halogens is 4. The molecule has 0 aliphatic carbocycles. The van der Waals surface area contributed by atoms with E-state index in [1.807, 2.05) is 19.0 Å². The Labute approximate surface area is 197 Å². The summed E-state index contributed by atoms with van der Waals surface area (Å²) in [6.45, 7) is 1.39. The van der Waals surface area contributed by atoms with E-state index in [1.54, 1.807) is 4.90 Å². The zero-order valence-electron chi connectivity index (χ0n) is 17.7. The molecule has 1 aliphatic rings. The number of nitrogens with one attached hydrogen (secondary N) is 1. The fraction of sp³-hybridized carbons (Fsp3) is 0.450. The third-order valence-corrected chi connectivity index (χ3v) is 6.41. The van der Waals surface area contributed by atoms with E-state index >= 15 is 0 Å². The van der Waals surface area contributed by atoms with Gasteiger partial charge in [0.2, 0.25) is 5.95 Å². The molecule has 1 atom stereocenters. The van der Waals surface area contributed by atoms with Crippen molar-refractivity contribution in [3.63, 3.8) is 0 Å². The molecule has 0 amide bonds. The highest BCUT2D eigenvalue weighted by molar-refractivity contribution is 8.00. The minimum absolute atomic E-state index is 0.107. The number of anilines is 2. The number of benzene rings is 1. The quantitative estimate of drug-likeness (QED) is 0.262. The summed E-state index contributed by atoms with van der Waals surface area (Å²) < 4.78 is 45.7. The lowest BCUT2D eigenvalue weighted by atomic mass is 9.57. The second kappa shape index (κ2) is 9.75. The minimum Gasteiger partial charge on any atom is -0.409 e. The third kappa shape index (κ3) is 6.07. The summed E-state index contributed by atoms with van der Waals surface area (Å²) in [5, 5.41) is 7.89. The lowest BCUT2D eigenvalue weighted by molar-refractivity contribution is 0.111. The molecular weight excluding hydrogens is 458 g/mol. The average molecular weight is 481 g/mol. The summed E-state index contributed by atoms with van der Waals surface area (Å²) >= 11 is 6.89. The summed E-state index contributed by atoms with van der Waals surface area (Å²) in [4.78, 5) is 6.94. The Balaban J connectivity index is 1.83. The van der Waals surface area contributed by atoms with Crippen LogP contribution in [-0.2, 0) is 0 Å². The standard InChI is InChI=1S/C20H22B2ClF3N4OS/c1-29(2)10-19(9-20(21,22)31)6-7-30(11-19)13-8-12(24)18(17(26)16(13)23)32-28-15-5-3-4-14(25)27-15/h3-5,8,31H,6-7,9-11H2,1-2H3,(H,27,28). The predicted molar refractivity (Wildman–Crippen MR) is 124 cm³/mol. The molecule has 0 bridgehead atoms. The van der Waals surface area contributed by atoms with Crippen LogP contribution in [0.5, 0.6) is 0 Å². The van der Waals surface area contributed by atoms with Gasteiger partial charge in [-0.25, -0.2) is 13.8 Å². The number of aliphatic hydroxyl groups is 1. The Morgan fingerprint density at radius 1 is 1.34 bits per heavy atom. The molecule has 1 aromatic heterocycles. The van der Waals surface area contributed by atoms with Crippen molar-refractivity contribution >= 4 is 50.7 Å². The van der Waals surface area contributed by atoms with Gasteiger partial charge in [0.15, 0.2) is 5.82 Å². The van der Waals surface area contributed by atoms with Gasteiger partial charge in [-0.05, 0) is 56.4 Å². The molecule has 12 heteroatoms. The van der Waals surface area contributed by atoms with Gasteiger partial charge in [-0.15, -0.1) is 0 Å². The van der Waals surface area contributed by atoms with Crippen molar-refractivity contribution in [3.8, 4) is 0 Å². The summed E-state index contributed by atoms with van der Waals surface area (Å²) in [5.74, 6) is -2.37. The Bertz CT molecular complexity index is 983. The second-order valence-electron chi connectivity index (χ2n) is 8.46. The molecule has 1 fully saturated rings. The third-order valence-electron chi connectivity index (χ3n) is 5.16. The van der Waals surface area contributed by atoms with Gasteiger partial charge in [0, 0.05) is 31.1 Å². The number of nitrogens with zero attached hydrogens (tertiary/aromatic N) is 3. The molecule has 32 heavy (non-hydrogen) atoms. The molecule has 2 aromatic rings. The van der Waals surface area contributed by atoms with Crippen molar-refractivity contribution < 1.29 is 18.3 Å². The Kier molecular flexibility index (Phi) is 7.64. The average Bonchev–Trinajstić information content (AvgIpc) is 3.05. The van der Waals surface area contributed by atoms with Crippen molar-refractivity contribution in [1.82, 2.24) is 9.88 Å². The normalized spacial score (nSPS) is 19.1. The van der Waals surface area contributed by atoms with E-state index in [2.05, 4.69) is 9.71 Å². The van der Waals surface area contributed by atoms with E-state index in [9.17, 15) is 18.3 Å². The minimum atomic E-state index is -1.87. The zero-order chi connectivity index (χ0) is 23.7. The first-order chi connectivity index (χ1) is 14.9. The van der Waals surface area contributed by atoms with Crippen molar-refractivity contribution in [1.29, 1.82) is 0 Å². The summed E-state index contributed by atoms with van der Waals surface area (Å²) in [7, 11) is 15.1. The summed E-state index contributed by atoms with van der Waals surface area (Å²) in [5.41, 5.74) is -0.288. The van der Waals surface area contributed by atoms with Crippen LogP contribution in [0.4, 0.5) is 24.7 Å². The molecule has 1 aromatic carbocycles. The summed E-state index contributed by atoms with van der Waals surface area (Å²) in [6, 6.07) is 5.21. The maximum absolute atomic E-state index is 15.0. The molecule has 0 spiro atoms. The van der Waals surface area contributed by atoms with E-state index in [0.29, 0.717) is 38.0 Å². The lowest BCUT2D eigenvalue weighted by Crippen LogP contribution is -2.44. The maximum atomic E-state index is 15.0. The summed E-state index contributed by atoms with van der Waals surface area (Å²) in [6.07, 6.45) is 0.709. The van der Waals surface area contributed by atoms with Gasteiger partial charge in [0.25, 0.3) is 0 Å². The van der Waals surface area contributed by atoms with E-state index in [4.69, 9.17) is 27.3 Å². The Morgan fingerprint density at radius 2 is 2.06 bits per heavy atom. The van der Waals surface area contributed by atoms with Crippen LogP contribution in [0.1, 0.15) is 12.8 Å². The van der Waals surface area contributed by atoms with Crippen LogP contribution in [0.3, 0.4) is 0 Å². The number of hydrogen-bond donors (Lipinski definition) is 2. The molecule has 1 unspecified atom stereocenters. The molecule has 5 nitrogen and oxygen atoms in total. The topological polar surface area (TPSA) is 51.6 Å². The van der Waals surface area contributed by atoms with Crippen LogP contribution in [0.25, 0.3) is 0 Å². The van der Waals surface area contributed by atoms with Gasteiger partial charge in [0.05, 0.1) is 21.4 Å². The molecule has 1 saturated heterocycles. The van der Waals surface area contributed by atoms with Gasteiger partial charge >= 0.3 is 0 Å². The Morgan fingerprint density at radius 3 is 2.69 bits per heavy atom. The van der Waals surface area contributed by atoms with Crippen LogP contribution in [-0.4, -0.2) is 69.8 Å². The highest BCUT2D eigenvalue weighted by Gasteiger charge is 2.42. The fourth-order valence-corrected chi connectivity index (χ4v) is 5.19. The van der Waals surface area contributed by atoms with E-state index in [1.165, 1.54) is 12.1 Å². The lowest BCUT2D eigenvalue weighted by Gasteiger charge is -2.37. The van der Waals surface area contributed by atoms with Gasteiger partial charge < -0.3 is 19.6 Å². The maximum Gasteiger partial charge on any atom is 0.214 e. The van der Waals surface area contributed by atoms with E-state index < -0.39 is 28.4 Å². The Hall–Kier alpha value is -1.55. The van der Waals surface area contributed by atoms with Crippen molar-refractivity contribution in [2.75, 3.05) is 43.4 Å². The number of hydrogen-bond acceptors (Lipinski definition) is 6. The van der Waals surface area contributed by atoms with E-state index in [-0.39, 0.29) is 27.8 Å². The molecular formula is C20H22B2ClF3N4OS. The smallest absolute Gasteiger partial charge is 0.214 e. The highest BCUT2D eigenvalue weighted by atomic mass is 35.5. The predicted octanol–water partition coefficient (Wildman–Crippen LogP) is 3.40. The largest absolute Gasteiger partial charge is 0.409 e. The van der Waals surface area contributed by atoms with Crippen molar-refractivity contribution in [2.24, 2.45) is 5.41 Å². The monoisotopic (exact) mass is 480 g/mol. The van der Waals surface area contributed by atoms with Crippen LogP contribution in [0.2, 0.25) is 5.02 Å². The van der Waals surface area contributed by atoms with Gasteiger partial charge in [-0.3, -0.25) is 0 Å². The molecule has 1 aliphatic heterocycles. The molecule has 4 radical (unpaired) electrons. The van der Waals surface area contributed by atoms with Crippen LogP contribution in [0.15, 0.2) is 29.2 Å². The van der Waals surface area contributed by atoms with Gasteiger partial charge in [0.1, 0.15) is 21.6 Å². The number of aromatic nitrogens is 1. The number of rotatable bonds is 8. The molecule has 168 valence electrons. The van der Waals surface area contributed by atoms with Crippen LogP contribution in [0, 0.1) is 23.0 Å². The number of pyridine rings is 1. The van der Waals surface area contributed by atoms with Crippen molar-refractivity contribution in [3.05, 3.63) is 46.9 Å². The van der Waals surface area contributed by atoms with E-state index in [0.717, 1.165) is 12.1 Å². The molecule has 3 rings (SSSR count). The highest BCUT2D eigenvalue weighted by Crippen LogP contribution is 2.43. The first-order valence-corrected chi connectivity index (χ1v) is 11.0. The zero-order valence-corrected chi connectivity index (χ0v) is 19.3. The molecule has 0 saturated carbocycles. The van der Waals surface area contributed by atoms with Crippen molar-refractivity contribution in [2.45, 2.75) is 23.1 Å². The SMILES string of the molecule is [B]C([B])(O)CC1(CN(C)C)CCN(c2cc(F)c(SNc3cccc(F)n3)c(F)c2Cl)C1. The fourth-order valence-electron chi connectivity index (χ4n) is 4.20. The molecule has 2 heterocycles. The first kappa shape index (κ1) is 25.1.